The first-order valence-corrected chi connectivity index (χ1v) is 6.56. The number of hydrogen-bond donors (Lipinski definition) is 3. The molecular formula is C12H13N3O3S. The molecule has 2 rings (SSSR count). The summed E-state index contributed by atoms with van der Waals surface area (Å²) >= 11 is 1.29. The summed E-state index contributed by atoms with van der Waals surface area (Å²) in [6, 6.07) is 3.29. The molecule has 1 amide bonds. The zero-order valence-electron chi connectivity index (χ0n) is 10.3. The van der Waals surface area contributed by atoms with E-state index in [-0.39, 0.29) is 17.9 Å². The van der Waals surface area contributed by atoms with Crippen LogP contribution in [0.25, 0.3) is 0 Å². The second-order valence-electron chi connectivity index (χ2n) is 3.92. The molecule has 0 fully saturated rings. The lowest BCUT2D eigenvalue weighted by Gasteiger charge is -2.02. The third-order valence-electron chi connectivity index (χ3n) is 2.52. The second kappa shape index (κ2) is 5.66. The number of carboxylic acids is 1. The number of rotatable bonds is 5. The molecule has 0 saturated heterocycles. The van der Waals surface area contributed by atoms with Crippen LogP contribution in [-0.4, -0.2) is 27.2 Å². The number of thiophene rings is 1. The highest BCUT2D eigenvalue weighted by atomic mass is 32.1. The van der Waals surface area contributed by atoms with E-state index >= 15 is 0 Å². The van der Waals surface area contributed by atoms with Crippen molar-refractivity contribution in [2.75, 3.05) is 5.32 Å². The number of carboxylic acid groups (broad SMARTS) is 1. The van der Waals surface area contributed by atoms with Crippen LogP contribution in [0, 0.1) is 0 Å². The normalized spacial score (nSPS) is 10.4. The van der Waals surface area contributed by atoms with E-state index in [4.69, 9.17) is 5.11 Å². The Morgan fingerprint density at radius 3 is 2.89 bits per heavy atom. The Labute approximate surface area is 113 Å². The number of aromatic amines is 1. The zero-order chi connectivity index (χ0) is 13.8. The van der Waals surface area contributed by atoms with Crippen LogP contribution in [0.5, 0.6) is 0 Å². The van der Waals surface area contributed by atoms with E-state index in [1.807, 2.05) is 6.92 Å². The summed E-state index contributed by atoms with van der Waals surface area (Å²) < 4.78 is 0. The maximum Gasteiger partial charge on any atom is 0.338 e. The molecule has 0 aliphatic rings. The van der Waals surface area contributed by atoms with Gasteiger partial charge >= 0.3 is 5.97 Å². The van der Waals surface area contributed by atoms with Crippen LogP contribution in [0.2, 0.25) is 0 Å². The first-order chi connectivity index (χ1) is 9.10. The van der Waals surface area contributed by atoms with E-state index in [0.717, 1.165) is 11.3 Å². The molecular weight excluding hydrogens is 266 g/mol. The van der Waals surface area contributed by atoms with Crippen LogP contribution in [0.15, 0.2) is 18.3 Å². The van der Waals surface area contributed by atoms with Gasteiger partial charge < -0.3 is 10.4 Å². The number of H-pyrrole nitrogens is 1. The fourth-order valence-electron chi connectivity index (χ4n) is 1.59. The Morgan fingerprint density at radius 1 is 1.53 bits per heavy atom. The van der Waals surface area contributed by atoms with Gasteiger partial charge in [-0.25, -0.2) is 4.79 Å². The van der Waals surface area contributed by atoms with Crippen molar-refractivity contribution in [3.63, 3.8) is 0 Å². The summed E-state index contributed by atoms with van der Waals surface area (Å²) in [7, 11) is 0. The maximum absolute atomic E-state index is 11.8. The second-order valence-corrected chi connectivity index (χ2v) is 5.06. The van der Waals surface area contributed by atoms with Crippen molar-refractivity contribution in [2.24, 2.45) is 0 Å². The number of nitrogens with zero attached hydrogens (tertiary/aromatic N) is 1. The lowest BCUT2D eigenvalue weighted by molar-refractivity contribution is -0.115. The molecule has 100 valence electrons. The average molecular weight is 279 g/mol. The van der Waals surface area contributed by atoms with Crippen molar-refractivity contribution in [3.05, 3.63) is 34.5 Å². The first-order valence-electron chi connectivity index (χ1n) is 5.74. The van der Waals surface area contributed by atoms with Crippen LogP contribution in [0.4, 0.5) is 5.00 Å². The van der Waals surface area contributed by atoms with Gasteiger partial charge in [0.05, 0.1) is 12.0 Å². The Morgan fingerprint density at radius 2 is 2.32 bits per heavy atom. The first kappa shape index (κ1) is 13.3. The van der Waals surface area contributed by atoms with E-state index in [1.54, 1.807) is 18.3 Å². The summed E-state index contributed by atoms with van der Waals surface area (Å²) in [6.07, 6.45) is 2.44. The van der Waals surface area contributed by atoms with E-state index in [1.165, 1.54) is 11.3 Å². The van der Waals surface area contributed by atoms with Gasteiger partial charge in [0, 0.05) is 16.8 Å². The highest BCUT2D eigenvalue weighted by molar-refractivity contribution is 7.16. The summed E-state index contributed by atoms with van der Waals surface area (Å²) in [5.41, 5.74) is 0.821. The molecule has 2 aromatic heterocycles. The van der Waals surface area contributed by atoms with Gasteiger partial charge in [-0.15, -0.1) is 11.3 Å². The average Bonchev–Trinajstić information content (AvgIpc) is 2.98. The van der Waals surface area contributed by atoms with Crippen molar-refractivity contribution >= 4 is 28.2 Å². The Kier molecular flexibility index (Phi) is 3.96. The van der Waals surface area contributed by atoms with Crippen LogP contribution in [0.1, 0.15) is 27.9 Å². The predicted octanol–water partition coefficient (Wildman–Crippen LogP) is 1.91. The maximum atomic E-state index is 11.8. The molecule has 0 spiro atoms. The Balaban J connectivity index is 2.11. The fraction of sp³-hybridized carbons (Fsp3) is 0.250. The van der Waals surface area contributed by atoms with Crippen LogP contribution in [-0.2, 0) is 17.6 Å². The van der Waals surface area contributed by atoms with Gasteiger partial charge in [-0.3, -0.25) is 9.89 Å². The monoisotopic (exact) mass is 279 g/mol. The zero-order valence-corrected chi connectivity index (χ0v) is 11.1. The van der Waals surface area contributed by atoms with E-state index in [2.05, 4.69) is 15.5 Å². The number of anilines is 1. The van der Waals surface area contributed by atoms with Gasteiger partial charge in [-0.1, -0.05) is 6.92 Å². The lowest BCUT2D eigenvalue weighted by atomic mass is 10.2. The van der Waals surface area contributed by atoms with Crippen molar-refractivity contribution < 1.29 is 14.7 Å². The molecule has 7 heteroatoms. The summed E-state index contributed by atoms with van der Waals surface area (Å²) in [4.78, 5) is 23.8. The number of carbonyl (C=O) groups excluding carboxylic acids is 1. The molecule has 0 saturated carbocycles. The molecule has 0 aliphatic carbocycles. The molecule has 0 aromatic carbocycles. The van der Waals surface area contributed by atoms with Crippen molar-refractivity contribution in [1.82, 2.24) is 10.2 Å². The summed E-state index contributed by atoms with van der Waals surface area (Å²) in [6.45, 7) is 1.94. The van der Waals surface area contributed by atoms with E-state index in [0.29, 0.717) is 10.7 Å². The highest BCUT2D eigenvalue weighted by Gasteiger charge is 2.17. The lowest BCUT2D eigenvalue weighted by Crippen LogP contribution is -2.15. The van der Waals surface area contributed by atoms with Gasteiger partial charge in [0.2, 0.25) is 5.91 Å². The molecule has 6 nitrogen and oxygen atoms in total. The third kappa shape index (κ3) is 3.19. The molecule has 2 aromatic rings. The van der Waals surface area contributed by atoms with Crippen molar-refractivity contribution in [2.45, 2.75) is 19.8 Å². The minimum atomic E-state index is -1.03. The van der Waals surface area contributed by atoms with Crippen molar-refractivity contribution in [3.8, 4) is 0 Å². The van der Waals surface area contributed by atoms with Gasteiger partial charge in [0.25, 0.3) is 0 Å². The molecule has 0 radical (unpaired) electrons. The quantitative estimate of drug-likeness (QED) is 0.779. The Bertz CT molecular complexity index is 589. The number of nitrogens with one attached hydrogen (secondary N) is 2. The van der Waals surface area contributed by atoms with Crippen molar-refractivity contribution in [1.29, 1.82) is 0 Å². The minimum absolute atomic E-state index is 0.137. The standard InChI is InChI=1S/C12H13N3O3S/c1-2-8-6-9(12(17)18)11(19-8)14-10(16)5-7-3-4-13-15-7/h3-4,6H,2,5H2,1H3,(H,13,15)(H,14,16)(H,17,18). The fourth-order valence-corrected chi connectivity index (χ4v) is 2.60. The summed E-state index contributed by atoms with van der Waals surface area (Å²) in [5, 5.41) is 18.5. The largest absolute Gasteiger partial charge is 0.478 e. The third-order valence-corrected chi connectivity index (χ3v) is 3.72. The number of aromatic nitrogens is 2. The molecule has 3 N–H and O–H groups in total. The molecule has 2 heterocycles. The topological polar surface area (TPSA) is 95.1 Å². The number of carbonyl (C=O) groups is 2. The number of hydrogen-bond acceptors (Lipinski definition) is 4. The van der Waals surface area contributed by atoms with Gasteiger partial charge in [0.1, 0.15) is 5.00 Å². The van der Waals surface area contributed by atoms with E-state index < -0.39 is 5.97 Å². The SMILES string of the molecule is CCc1cc(C(=O)O)c(NC(=O)Cc2ccn[nH]2)s1. The molecule has 0 aliphatic heterocycles. The number of amides is 1. The predicted molar refractivity (Wildman–Crippen MR) is 71.6 cm³/mol. The molecule has 19 heavy (non-hydrogen) atoms. The van der Waals surface area contributed by atoms with Gasteiger partial charge in [-0.05, 0) is 18.6 Å². The minimum Gasteiger partial charge on any atom is -0.478 e. The number of aryl methyl sites for hydroxylation is 1. The highest BCUT2D eigenvalue weighted by Crippen LogP contribution is 2.28. The molecule has 0 bridgehead atoms. The number of aromatic carboxylic acids is 1. The molecule has 0 unspecified atom stereocenters. The van der Waals surface area contributed by atoms with Crippen LogP contribution < -0.4 is 5.32 Å². The Hall–Kier alpha value is -2.15. The van der Waals surface area contributed by atoms with Gasteiger partial charge in [-0.2, -0.15) is 5.10 Å². The van der Waals surface area contributed by atoms with Gasteiger partial charge in [0.15, 0.2) is 0 Å². The van der Waals surface area contributed by atoms with E-state index in [9.17, 15) is 9.59 Å². The van der Waals surface area contributed by atoms with Crippen LogP contribution in [0.3, 0.4) is 0 Å². The smallest absolute Gasteiger partial charge is 0.338 e. The van der Waals surface area contributed by atoms with Crippen LogP contribution >= 0.6 is 11.3 Å². The molecule has 0 atom stereocenters. The summed E-state index contributed by atoms with van der Waals surface area (Å²) in [5.74, 6) is -1.30.